The molecule has 1 unspecified atom stereocenters. The van der Waals surface area contributed by atoms with Gasteiger partial charge in [0.05, 0.1) is 36.7 Å². The van der Waals surface area contributed by atoms with Crippen LogP contribution >= 0.6 is 0 Å². The Bertz CT molecular complexity index is 1840. The zero-order valence-electron chi connectivity index (χ0n) is 32.0. The van der Waals surface area contributed by atoms with Crippen molar-refractivity contribution < 1.29 is 29.3 Å². The summed E-state index contributed by atoms with van der Waals surface area (Å²) >= 11 is 0. The third kappa shape index (κ3) is 9.65. The van der Waals surface area contributed by atoms with Crippen molar-refractivity contribution in [3.8, 4) is 0 Å². The molecule has 0 radical (unpaired) electrons. The van der Waals surface area contributed by atoms with Crippen LogP contribution in [0.1, 0.15) is 83.9 Å². The van der Waals surface area contributed by atoms with Crippen molar-refractivity contribution in [3.05, 3.63) is 78.1 Å². The molecular weight excluding hydrogens is 688 g/mol. The molecule has 54 heavy (non-hydrogen) atoms. The number of benzene rings is 2. The number of hydrogen-bond acceptors (Lipinski definition) is 11. The predicted molar refractivity (Wildman–Crippen MR) is 206 cm³/mol. The molecule has 5 atom stereocenters. The smallest absolute Gasteiger partial charge is 0.407 e. The number of ether oxygens (including phenoxy) is 2. The number of amides is 2. The van der Waals surface area contributed by atoms with E-state index in [9.17, 15) is 19.8 Å². The Morgan fingerprint density at radius 1 is 0.907 bits per heavy atom. The lowest BCUT2D eigenvalue weighted by Crippen LogP contribution is -2.43. The van der Waals surface area contributed by atoms with Crippen molar-refractivity contribution in [2.24, 2.45) is 0 Å². The second-order valence-corrected chi connectivity index (χ2v) is 16.2. The zero-order chi connectivity index (χ0) is 38.6. The van der Waals surface area contributed by atoms with Crippen molar-refractivity contribution in [2.45, 2.75) is 108 Å². The zero-order valence-corrected chi connectivity index (χ0v) is 32.0. The minimum atomic E-state index is -1.20. The molecule has 14 nitrogen and oxygen atoms in total. The number of nitrogens with zero attached hydrogens (tertiary/aromatic N) is 5. The van der Waals surface area contributed by atoms with Crippen LogP contribution < -0.4 is 20.9 Å². The van der Waals surface area contributed by atoms with Crippen molar-refractivity contribution in [1.29, 1.82) is 0 Å². The highest BCUT2D eigenvalue weighted by Gasteiger charge is 2.44. The fourth-order valence-corrected chi connectivity index (χ4v) is 7.10. The van der Waals surface area contributed by atoms with Crippen LogP contribution in [0.15, 0.2) is 67.0 Å². The van der Waals surface area contributed by atoms with Gasteiger partial charge in [0.15, 0.2) is 17.0 Å². The molecule has 0 spiro atoms. The average Bonchev–Trinajstić information content (AvgIpc) is 3.82. The Hall–Kier alpha value is -4.79. The van der Waals surface area contributed by atoms with Crippen LogP contribution in [0.2, 0.25) is 0 Å². The molecule has 3 heterocycles. The number of carbonyl (C=O) groups is 2. The Morgan fingerprint density at radius 2 is 1.57 bits per heavy atom. The molecule has 2 aliphatic rings. The highest BCUT2D eigenvalue weighted by molar-refractivity contribution is 5.85. The molecule has 1 aliphatic carbocycles. The van der Waals surface area contributed by atoms with Crippen LogP contribution in [-0.4, -0.2) is 103 Å². The van der Waals surface area contributed by atoms with Crippen LogP contribution in [0.5, 0.6) is 0 Å². The lowest BCUT2D eigenvalue weighted by molar-refractivity contribution is -0.124. The third-order valence-corrected chi connectivity index (χ3v) is 9.70. The number of hydrogen-bond donors (Lipinski definition) is 5. The van der Waals surface area contributed by atoms with Gasteiger partial charge < -0.3 is 45.1 Å². The molecule has 4 aromatic rings. The van der Waals surface area contributed by atoms with Gasteiger partial charge >= 0.3 is 6.09 Å². The van der Waals surface area contributed by atoms with Crippen LogP contribution in [0.3, 0.4) is 0 Å². The van der Waals surface area contributed by atoms with Gasteiger partial charge in [-0.1, -0.05) is 60.7 Å². The lowest BCUT2D eigenvalue weighted by Gasteiger charge is -2.23. The summed E-state index contributed by atoms with van der Waals surface area (Å²) in [5, 5.41) is 31.9. The van der Waals surface area contributed by atoms with Gasteiger partial charge in [0.1, 0.15) is 17.8 Å². The standard InChI is InChI=1S/C40H54N8O6/c1-39(2,3)53-20-18-31(49)44-29-21-30(34(51)33(29)50)48-24-42-32-35(41-22-28(25-13-9-7-10-14-25)26-15-11-8-12-16-26)45-37(46-36(32)48)47-19-17-27(23-47)43-38(52)54-40(4,5)6/h7-16,24,27-30,33-34,50-51H,17-23H2,1-6H3,(H,43,52)(H,44,49)(H,41,45,46)/t27?,29-,30+,33+,34-/m0/s1. The summed E-state index contributed by atoms with van der Waals surface area (Å²) in [6.45, 7) is 13.1. The number of carbonyl (C=O) groups excluding carboxylic acids is 2. The molecule has 0 bridgehead atoms. The van der Waals surface area contributed by atoms with E-state index in [1.54, 1.807) is 10.9 Å². The number of anilines is 2. The molecular formula is C40H54N8O6. The van der Waals surface area contributed by atoms with Gasteiger partial charge in [-0.15, -0.1) is 0 Å². The van der Waals surface area contributed by atoms with Gasteiger partial charge in [0.25, 0.3) is 0 Å². The van der Waals surface area contributed by atoms with E-state index >= 15 is 0 Å². The Kier molecular flexibility index (Phi) is 11.7. The molecule has 6 rings (SSSR count). The monoisotopic (exact) mass is 742 g/mol. The molecule has 2 amide bonds. The van der Waals surface area contributed by atoms with Crippen LogP contribution in [0.4, 0.5) is 16.6 Å². The molecule has 1 aliphatic heterocycles. The largest absolute Gasteiger partial charge is 0.444 e. The Balaban J connectivity index is 1.28. The second kappa shape index (κ2) is 16.3. The quantitative estimate of drug-likeness (QED) is 0.138. The summed E-state index contributed by atoms with van der Waals surface area (Å²) < 4.78 is 13.0. The van der Waals surface area contributed by atoms with Crippen LogP contribution in [-0.2, 0) is 14.3 Å². The number of nitrogens with one attached hydrogen (secondary N) is 3. The SMILES string of the molecule is CC(C)(C)OCCC(=O)N[C@H]1C[C@@H](n2cnc3c(NCC(c4ccccc4)c4ccccc4)nc(N4CCC(NC(=O)OC(C)(C)C)C4)nc32)[C@H](O)[C@@H]1O. The van der Waals surface area contributed by atoms with Gasteiger partial charge in [-0.3, -0.25) is 4.79 Å². The normalized spacial score (nSPS) is 21.8. The highest BCUT2D eigenvalue weighted by atomic mass is 16.6. The predicted octanol–water partition coefficient (Wildman–Crippen LogP) is 4.53. The summed E-state index contributed by atoms with van der Waals surface area (Å²) in [6.07, 6.45) is -0.194. The molecule has 5 N–H and O–H groups in total. The summed E-state index contributed by atoms with van der Waals surface area (Å²) in [5.74, 6) is 0.693. The summed E-state index contributed by atoms with van der Waals surface area (Å²) in [5.41, 5.74) is 2.28. The van der Waals surface area contributed by atoms with Crippen molar-refractivity contribution >= 4 is 34.9 Å². The van der Waals surface area contributed by atoms with E-state index in [0.717, 1.165) is 11.1 Å². The maximum Gasteiger partial charge on any atom is 0.407 e. The minimum absolute atomic E-state index is 0.00196. The van der Waals surface area contributed by atoms with E-state index < -0.39 is 36.0 Å². The van der Waals surface area contributed by atoms with Gasteiger partial charge in [-0.25, -0.2) is 9.78 Å². The van der Waals surface area contributed by atoms with Gasteiger partial charge in [-0.05, 0) is 65.5 Å². The minimum Gasteiger partial charge on any atom is -0.444 e. The molecule has 290 valence electrons. The fourth-order valence-electron chi connectivity index (χ4n) is 7.10. The number of imidazole rings is 1. The van der Waals surface area contributed by atoms with Crippen LogP contribution in [0, 0.1) is 0 Å². The molecule has 1 saturated heterocycles. The molecule has 2 aromatic carbocycles. The highest BCUT2D eigenvalue weighted by Crippen LogP contribution is 2.35. The van der Waals surface area contributed by atoms with E-state index in [1.807, 2.05) is 82.8 Å². The van der Waals surface area contributed by atoms with Crippen molar-refractivity contribution in [3.63, 3.8) is 0 Å². The number of aromatic nitrogens is 4. The van der Waals surface area contributed by atoms with Gasteiger partial charge in [-0.2, -0.15) is 9.97 Å². The topological polar surface area (TPSA) is 176 Å². The third-order valence-electron chi connectivity index (χ3n) is 9.70. The summed E-state index contributed by atoms with van der Waals surface area (Å²) in [6, 6.07) is 19.1. The van der Waals surface area contributed by atoms with E-state index in [0.29, 0.717) is 49.0 Å². The first-order valence-electron chi connectivity index (χ1n) is 18.8. The Morgan fingerprint density at radius 3 is 2.20 bits per heavy atom. The average molecular weight is 743 g/mol. The number of aliphatic hydroxyl groups excluding tert-OH is 2. The second-order valence-electron chi connectivity index (χ2n) is 16.2. The molecule has 14 heteroatoms. The van der Waals surface area contributed by atoms with E-state index in [1.165, 1.54) is 0 Å². The van der Waals surface area contributed by atoms with E-state index in [4.69, 9.17) is 24.4 Å². The molecule has 2 aromatic heterocycles. The van der Waals surface area contributed by atoms with Crippen LogP contribution in [0.25, 0.3) is 11.2 Å². The lowest BCUT2D eigenvalue weighted by atomic mass is 9.91. The number of fused-ring (bicyclic) bond motifs is 1. The van der Waals surface area contributed by atoms with E-state index in [2.05, 4.69) is 40.2 Å². The van der Waals surface area contributed by atoms with Gasteiger partial charge in [0, 0.05) is 32.0 Å². The number of aliphatic hydroxyl groups is 2. The van der Waals surface area contributed by atoms with Gasteiger partial charge in [0.2, 0.25) is 11.9 Å². The maximum atomic E-state index is 12.8. The van der Waals surface area contributed by atoms with Crippen molar-refractivity contribution in [1.82, 2.24) is 30.2 Å². The molecule has 2 fully saturated rings. The van der Waals surface area contributed by atoms with Crippen molar-refractivity contribution in [2.75, 3.05) is 36.5 Å². The number of alkyl carbamates (subject to hydrolysis) is 1. The number of rotatable bonds is 12. The fraction of sp³-hybridized carbons (Fsp3) is 0.525. The first kappa shape index (κ1) is 38.9. The summed E-state index contributed by atoms with van der Waals surface area (Å²) in [4.78, 5) is 42.1. The van der Waals surface area contributed by atoms with E-state index in [-0.39, 0.29) is 42.9 Å². The summed E-state index contributed by atoms with van der Waals surface area (Å²) in [7, 11) is 0. The molecule has 1 saturated carbocycles. The Labute approximate surface area is 316 Å². The first-order valence-corrected chi connectivity index (χ1v) is 18.8. The maximum absolute atomic E-state index is 12.8. The first-order chi connectivity index (χ1) is 25.6.